The molecule has 0 aliphatic carbocycles. The Balaban J connectivity index is 2.29. The average Bonchev–Trinajstić information content (AvgIpc) is 2.80. The van der Waals surface area contributed by atoms with Crippen LogP contribution in [0, 0.1) is 11.6 Å². The zero-order chi connectivity index (χ0) is 15.4. The molecule has 0 amide bonds. The van der Waals surface area contributed by atoms with Crippen LogP contribution in [0.2, 0.25) is 0 Å². The first-order valence-electron chi connectivity index (χ1n) is 6.89. The van der Waals surface area contributed by atoms with Gasteiger partial charge in [-0.15, -0.1) is 0 Å². The lowest BCUT2D eigenvalue weighted by atomic mass is 10.0. The summed E-state index contributed by atoms with van der Waals surface area (Å²) in [4.78, 5) is 0. The highest BCUT2D eigenvalue weighted by molar-refractivity contribution is 9.10. The zero-order valence-corrected chi connectivity index (χ0v) is 13.6. The molecule has 2 rings (SSSR count). The Morgan fingerprint density at radius 3 is 2.76 bits per heavy atom. The van der Waals surface area contributed by atoms with E-state index in [1.807, 2.05) is 11.7 Å². The number of likely N-dealkylation sites (N-methyl/N-ethyl adjacent to an activating group) is 1. The van der Waals surface area contributed by atoms with Crippen LogP contribution in [0.5, 0.6) is 0 Å². The Kier molecular flexibility index (Phi) is 5.47. The Morgan fingerprint density at radius 2 is 2.14 bits per heavy atom. The van der Waals surface area contributed by atoms with Crippen molar-refractivity contribution < 1.29 is 8.78 Å². The van der Waals surface area contributed by atoms with Gasteiger partial charge in [-0.2, -0.15) is 5.10 Å². The summed E-state index contributed by atoms with van der Waals surface area (Å²) in [6.07, 6.45) is 3.13. The third kappa shape index (κ3) is 3.68. The van der Waals surface area contributed by atoms with Crippen LogP contribution in [0.1, 0.15) is 30.6 Å². The summed E-state index contributed by atoms with van der Waals surface area (Å²) in [5.41, 5.74) is 1.45. The van der Waals surface area contributed by atoms with Gasteiger partial charge in [0.15, 0.2) is 0 Å². The van der Waals surface area contributed by atoms with Gasteiger partial charge in [-0.05, 0) is 47.4 Å². The Bertz CT molecular complexity index is 613. The number of nitrogens with one attached hydrogen (secondary N) is 1. The topological polar surface area (TPSA) is 29.9 Å². The fourth-order valence-corrected chi connectivity index (χ4v) is 2.92. The molecule has 0 aliphatic heterocycles. The highest BCUT2D eigenvalue weighted by atomic mass is 79.9. The Morgan fingerprint density at radius 1 is 1.38 bits per heavy atom. The van der Waals surface area contributed by atoms with Crippen molar-refractivity contribution in [2.75, 3.05) is 7.05 Å². The van der Waals surface area contributed by atoms with Gasteiger partial charge in [-0.1, -0.05) is 13.0 Å². The van der Waals surface area contributed by atoms with Crippen molar-refractivity contribution in [3.8, 4) is 0 Å². The molecule has 0 fully saturated rings. The average molecular weight is 358 g/mol. The third-order valence-electron chi connectivity index (χ3n) is 3.39. The fraction of sp³-hybridized carbons (Fsp3) is 0.400. The predicted molar refractivity (Wildman–Crippen MR) is 82.1 cm³/mol. The molecular weight excluding hydrogens is 340 g/mol. The van der Waals surface area contributed by atoms with E-state index in [2.05, 4.69) is 33.3 Å². The molecule has 0 spiro atoms. The molecule has 0 bridgehead atoms. The summed E-state index contributed by atoms with van der Waals surface area (Å²) in [6.45, 7) is 2.87. The lowest BCUT2D eigenvalue weighted by molar-refractivity contribution is 0.485. The lowest BCUT2D eigenvalue weighted by Gasteiger charge is -2.19. The van der Waals surface area contributed by atoms with Crippen molar-refractivity contribution in [2.45, 2.75) is 32.4 Å². The zero-order valence-electron chi connectivity index (χ0n) is 12.0. The largest absolute Gasteiger partial charge is 0.311 e. The minimum atomic E-state index is -0.561. The number of benzene rings is 1. The molecule has 2 aromatic rings. The van der Waals surface area contributed by atoms with E-state index < -0.39 is 11.6 Å². The molecule has 114 valence electrons. The van der Waals surface area contributed by atoms with Gasteiger partial charge < -0.3 is 5.32 Å². The first-order chi connectivity index (χ1) is 10.1. The van der Waals surface area contributed by atoms with Gasteiger partial charge in [0, 0.05) is 12.6 Å². The van der Waals surface area contributed by atoms with E-state index in [1.165, 1.54) is 12.1 Å². The van der Waals surface area contributed by atoms with Crippen LogP contribution < -0.4 is 5.32 Å². The molecule has 0 radical (unpaired) electrons. The van der Waals surface area contributed by atoms with Crippen LogP contribution in [-0.2, 0) is 13.0 Å². The third-order valence-corrected chi connectivity index (χ3v) is 4.00. The van der Waals surface area contributed by atoms with E-state index in [-0.39, 0.29) is 6.04 Å². The molecule has 0 aliphatic rings. The quantitative estimate of drug-likeness (QED) is 0.851. The van der Waals surface area contributed by atoms with Gasteiger partial charge in [0.05, 0.1) is 22.4 Å². The summed E-state index contributed by atoms with van der Waals surface area (Å²) in [5.74, 6) is -1.08. The first kappa shape index (κ1) is 16.1. The second-order valence-corrected chi connectivity index (χ2v) is 5.74. The molecule has 21 heavy (non-hydrogen) atoms. The summed E-state index contributed by atoms with van der Waals surface area (Å²) >= 11 is 3.49. The van der Waals surface area contributed by atoms with Gasteiger partial charge in [0.1, 0.15) is 11.6 Å². The van der Waals surface area contributed by atoms with E-state index in [4.69, 9.17) is 0 Å². The molecule has 1 atom stereocenters. The van der Waals surface area contributed by atoms with Gasteiger partial charge in [0.25, 0.3) is 0 Å². The maximum Gasteiger partial charge on any atom is 0.129 e. The predicted octanol–water partition coefficient (Wildman–Crippen LogP) is 3.84. The molecule has 1 N–H and O–H groups in total. The van der Waals surface area contributed by atoms with Crippen molar-refractivity contribution in [3.05, 3.63) is 51.8 Å². The van der Waals surface area contributed by atoms with Crippen molar-refractivity contribution in [1.29, 1.82) is 0 Å². The van der Waals surface area contributed by atoms with Crippen LogP contribution in [0.25, 0.3) is 0 Å². The first-order valence-corrected chi connectivity index (χ1v) is 7.68. The number of aromatic nitrogens is 2. The summed E-state index contributed by atoms with van der Waals surface area (Å²) in [5, 5.41) is 7.51. The maximum atomic E-state index is 13.8. The summed E-state index contributed by atoms with van der Waals surface area (Å²) in [7, 11) is 1.82. The van der Waals surface area contributed by atoms with Crippen molar-refractivity contribution in [2.24, 2.45) is 0 Å². The Labute approximate surface area is 131 Å². The molecule has 3 nitrogen and oxygen atoms in total. The standard InChI is InChI=1S/C15H18BrF2N3/c1-3-6-21-15(12(16)9-20-21)14(19-2)7-10-4-5-11(17)8-13(10)18/h4-5,8-9,14,19H,3,6-7H2,1-2H3. The monoisotopic (exact) mass is 357 g/mol. The van der Waals surface area contributed by atoms with E-state index in [0.29, 0.717) is 12.0 Å². The normalized spacial score (nSPS) is 12.6. The molecule has 0 saturated carbocycles. The number of hydrogen-bond donors (Lipinski definition) is 1. The fourth-order valence-electron chi connectivity index (χ4n) is 2.35. The van der Waals surface area contributed by atoms with E-state index in [0.717, 1.165) is 29.2 Å². The van der Waals surface area contributed by atoms with Gasteiger partial charge in [0.2, 0.25) is 0 Å². The number of nitrogens with zero attached hydrogens (tertiary/aromatic N) is 2. The minimum Gasteiger partial charge on any atom is -0.311 e. The van der Waals surface area contributed by atoms with Crippen molar-refractivity contribution in [3.63, 3.8) is 0 Å². The number of rotatable bonds is 6. The highest BCUT2D eigenvalue weighted by Crippen LogP contribution is 2.27. The molecule has 6 heteroatoms. The molecule has 1 aromatic carbocycles. The van der Waals surface area contributed by atoms with E-state index in [1.54, 1.807) is 6.20 Å². The van der Waals surface area contributed by atoms with E-state index >= 15 is 0 Å². The number of halogens is 3. The maximum absolute atomic E-state index is 13.8. The SMILES string of the molecule is CCCn1ncc(Br)c1C(Cc1ccc(F)cc1F)NC. The number of hydrogen-bond acceptors (Lipinski definition) is 2. The molecule has 1 heterocycles. The Hall–Kier alpha value is -1.27. The second kappa shape index (κ2) is 7.13. The van der Waals surface area contributed by atoms with Crippen LogP contribution in [0.3, 0.4) is 0 Å². The minimum absolute atomic E-state index is 0.103. The smallest absolute Gasteiger partial charge is 0.129 e. The van der Waals surface area contributed by atoms with Crippen LogP contribution >= 0.6 is 15.9 Å². The molecule has 0 saturated heterocycles. The highest BCUT2D eigenvalue weighted by Gasteiger charge is 2.20. The summed E-state index contributed by atoms with van der Waals surface area (Å²) < 4.78 is 29.6. The molecule has 1 aromatic heterocycles. The number of aryl methyl sites for hydroxylation is 1. The summed E-state index contributed by atoms with van der Waals surface area (Å²) in [6, 6.07) is 3.58. The molecular formula is C15H18BrF2N3. The van der Waals surface area contributed by atoms with Gasteiger partial charge in [-0.3, -0.25) is 4.68 Å². The van der Waals surface area contributed by atoms with Crippen LogP contribution in [-0.4, -0.2) is 16.8 Å². The lowest BCUT2D eigenvalue weighted by Crippen LogP contribution is -2.23. The molecule has 1 unspecified atom stereocenters. The van der Waals surface area contributed by atoms with Crippen LogP contribution in [0.4, 0.5) is 8.78 Å². The second-order valence-electron chi connectivity index (χ2n) is 4.88. The van der Waals surface area contributed by atoms with Gasteiger partial charge in [-0.25, -0.2) is 8.78 Å². The van der Waals surface area contributed by atoms with Crippen molar-refractivity contribution in [1.82, 2.24) is 15.1 Å². The van der Waals surface area contributed by atoms with Crippen LogP contribution in [0.15, 0.2) is 28.9 Å². The van der Waals surface area contributed by atoms with E-state index in [9.17, 15) is 8.78 Å². The van der Waals surface area contributed by atoms with Gasteiger partial charge >= 0.3 is 0 Å². The van der Waals surface area contributed by atoms with Crippen molar-refractivity contribution >= 4 is 15.9 Å².